The average molecular weight is 411 g/mol. The number of nitrogens with one attached hydrogen (secondary N) is 1. The van der Waals surface area contributed by atoms with Crippen molar-refractivity contribution in [3.05, 3.63) is 53.6 Å². The summed E-state index contributed by atoms with van der Waals surface area (Å²) in [5.74, 6) is 0. The van der Waals surface area contributed by atoms with Crippen molar-refractivity contribution in [1.82, 2.24) is 0 Å². The molecule has 1 N–H and O–H groups in total. The summed E-state index contributed by atoms with van der Waals surface area (Å²) in [4.78, 5) is 26.9. The zero-order valence-electron chi connectivity index (χ0n) is 18.3. The van der Waals surface area contributed by atoms with E-state index in [1.54, 1.807) is 24.8 Å². The zero-order valence-corrected chi connectivity index (χ0v) is 18.3. The molecule has 0 fully saturated rings. The molecule has 2 aromatic carbocycles. The maximum absolute atomic E-state index is 13.2. The lowest BCUT2D eigenvalue weighted by atomic mass is 9.99. The van der Waals surface area contributed by atoms with Gasteiger partial charge >= 0.3 is 12.2 Å². The van der Waals surface area contributed by atoms with Crippen LogP contribution in [0.2, 0.25) is 0 Å². The molecule has 0 saturated carbocycles. The summed E-state index contributed by atoms with van der Waals surface area (Å²) < 4.78 is 10.8. The van der Waals surface area contributed by atoms with Gasteiger partial charge in [0.05, 0.1) is 24.1 Å². The molecule has 2 aromatic rings. The van der Waals surface area contributed by atoms with Crippen molar-refractivity contribution in [3.8, 4) is 0 Å². The third-order valence-corrected chi connectivity index (χ3v) is 4.62. The Morgan fingerprint density at radius 1 is 1.03 bits per heavy atom. The Bertz CT molecular complexity index is 931. The summed E-state index contributed by atoms with van der Waals surface area (Å²) in [5.41, 5.74) is 4.02. The number of fused-ring (bicyclic) bond motifs is 2. The highest BCUT2D eigenvalue weighted by molar-refractivity contribution is 5.99. The monoisotopic (exact) mass is 410 g/mol. The number of hydrogen-bond acceptors (Lipinski definition) is 4. The second kappa shape index (κ2) is 8.78. The zero-order chi connectivity index (χ0) is 21.9. The lowest BCUT2D eigenvalue weighted by molar-refractivity contribution is 0.114. The van der Waals surface area contributed by atoms with Gasteiger partial charge in [-0.15, -0.1) is 0 Å². The molecule has 6 heteroatoms. The van der Waals surface area contributed by atoms with Crippen molar-refractivity contribution in [2.75, 3.05) is 16.8 Å². The molecule has 30 heavy (non-hydrogen) atoms. The molecule has 0 atom stereocenters. The standard InChI is InChI=1S/C24H30N2O4/c1-16(2)30-22(27)25-19-13-12-18-11-10-17-8-6-7-9-20(17)26(21(18)14-19)23(28)29-15-24(3,4)5/h6-9,12-14,16H,10-11,15H2,1-5H3,(H,25,27). The largest absolute Gasteiger partial charge is 0.448 e. The number of amides is 2. The van der Waals surface area contributed by atoms with E-state index in [1.807, 2.05) is 57.2 Å². The van der Waals surface area contributed by atoms with E-state index < -0.39 is 12.2 Å². The molecule has 0 aliphatic carbocycles. The van der Waals surface area contributed by atoms with Gasteiger partial charge in [0.2, 0.25) is 0 Å². The first-order chi connectivity index (χ1) is 14.1. The van der Waals surface area contributed by atoms with Crippen molar-refractivity contribution in [2.45, 2.75) is 53.6 Å². The van der Waals surface area contributed by atoms with E-state index in [0.29, 0.717) is 18.0 Å². The number of para-hydroxylation sites is 1. The fraction of sp³-hybridized carbons (Fsp3) is 0.417. The van der Waals surface area contributed by atoms with Crippen LogP contribution in [0, 0.1) is 5.41 Å². The third kappa shape index (κ3) is 5.32. The van der Waals surface area contributed by atoms with E-state index >= 15 is 0 Å². The number of hydrogen-bond donors (Lipinski definition) is 1. The molecule has 1 heterocycles. The number of nitrogens with zero attached hydrogens (tertiary/aromatic N) is 1. The first kappa shape index (κ1) is 21.7. The fourth-order valence-corrected chi connectivity index (χ4v) is 3.30. The van der Waals surface area contributed by atoms with Crippen LogP contribution in [0.15, 0.2) is 42.5 Å². The quantitative estimate of drug-likeness (QED) is 0.667. The molecular formula is C24H30N2O4. The van der Waals surface area contributed by atoms with E-state index in [9.17, 15) is 9.59 Å². The smallest absolute Gasteiger partial charge is 0.418 e. The Labute approximate surface area is 178 Å². The number of carbonyl (C=O) groups is 2. The fourth-order valence-electron chi connectivity index (χ4n) is 3.30. The SMILES string of the molecule is CC(C)OC(=O)Nc1ccc2c(c1)N(C(=O)OCC(C)(C)C)c1ccccc1CC2. The van der Waals surface area contributed by atoms with Gasteiger partial charge in [0.1, 0.15) is 0 Å². The van der Waals surface area contributed by atoms with Crippen LogP contribution in [0.3, 0.4) is 0 Å². The van der Waals surface area contributed by atoms with Gasteiger partial charge in [0, 0.05) is 5.69 Å². The molecule has 0 spiro atoms. The van der Waals surface area contributed by atoms with E-state index in [-0.39, 0.29) is 11.5 Å². The average Bonchev–Trinajstić information content (AvgIpc) is 2.81. The number of ether oxygens (including phenoxy) is 2. The van der Waals surface area contributed by atoms with Crippen molar-refractivity contribution in [1.29, 1.82) is 0 Å². The van der Waals surface area contributed by atoms with Gasteiger partial charge in [-0.2, -0.15) is 0 Å². The van der Waals surface area contributed by atoms with E-state index in [1.165, 1.54) is 0 Å². The minimum atomic E-state index is -0.527. The predicted octanol–water partition coefficient (Wildman–Crippen LogP) is 6.06. The summed E-state index contributed by atoms with van der Waals surface area (Å²) in [6.45, 7) is 9.95. The van der Waals surface area contributed by atoms with Crippen LogP contribution in [0.1, 0.15) is 45.7 Å². The first-order valence-corrected chi connectivity index (χ1v) is 10.3. The highest BCUT2D eigenvalue weighted by atomic mass is 16.6. The summed E-state index contributed by atoms with van der Waals surface area (Å²) in [7, 11) is 0. The molecule has 3 rings (SSSR count). The van der Waals surface area contributed by atoms with Crippen LogP contribution in [0.5, 0.6) is 0 Å². The van der Waals surface area contributed by atoms with Gasteiger partial charge in [0.15, 0.2) is 0 Å². The summed E-state index contributed by atoms with van der Waals surface area (Å²) in [6, 6.07) is 13.4. The van der Waals surface area contributed by atoms with Gasteiger partial charge < -0.3 is 9.47 Å². The lowest BCUT2D eigenvalue weighted by Crippen LogP contribution is -2.30. The van der Waals surface area contributed by atoms with Crippen LogP contribution in [0.25, 0.3) is 0 Å². The minimum Gasteiger partial charge on any atom is -0.448 e. The molecule has 0 unspecified atom stereocenters. The molecule has 1 aliphatic heterocycles. The molecule has 6 nitrogen and oxygen atoms in total. The van der Waals surface area contributed by atoms with Gasteiger partial charge in [-0.1, -0.05) is 45.0 Å². The molecule has 0 aromatic heterocycles. The van der Waals surface area contributed by atoms with Crippen molar-refractivity contribution in [2.24, 2.45) is 5.41 Å². The Kier molecular flexibility index (Phi) is 6.34. The van der Waals surface area contributed by atoms with Crippen LogP contribution in [-0.2, 0) is 22.3 Å². The minimum absolute atomic E-state index is 0.145. The van der Waals surface area contributed by atoms with Crippen LogP contribution in [-0.4, -0.2) is 24.9 Å². The Balaban J connectivity index is 1.99. The molecular weight excluding hydrogens is 380 g/mol. The Morgan fingerprint density at radius 3 is 2.37 bits per heavy atom. The number of carbonyl (C=O) groups excluding carboxylic acids is 2. The van der Waals surface area contributed by atoms with E-state index in [0.717, 1.165) is 29.7 Å². The number of benzene rings is 2. The highest BCUT2D eigenvalue weighted by Crippen LogP contribution is 2.38. The summed E-state index contributed by atoms with van der Waals surface area (Å²) >= 11 is 0. The number of aryl methyl sites for hydroxylation is 2. The molecule has 1 aliphatic rings. The maximum Gasteiger partial charge on any atom is 0.418 e. The van der Waals surface area contributed by atoms with Gasteiger partial charge in [0.25, 0.3) is 0 Å². The molecule has 0 radical (unpaired) electrons. The Morgan fingerprint density at radius 2 is 1.70 bits per heavy atom. The van der Waals surface area contributed by atoms with Crippen molar-refractivity contribution in [3.63, 3.8) is 0 Å². The number of rotatable bonds is 3. The molecule has 0 saturated heterocycles. The van der Waals surface area contributed by atoms with Gasteiger partial charge in [-0.05, 0) is 61.4 Å². The van der Waals surface area contributed by atoms with Crippen molar-refractivity contribution < 1.29 is 19.1 Å². The third-order valence-electron chi connectivity index (χ3n) is 4.62. The normalized spacial score (nSPS) is 13.2. The van der Waals surface area contributed by atoms with Gasteiger partial charge in [-0.25, -0.2) is 14.5 Å². The highest BCUT2D eigenvalue weighted by Gasteiger charge is 2.28. The number of anilines is 3. The molecule has 2 amide bonds. The van der Waals surface area contributed by atoms with Crippen LogP contribution < -0.4 is 10.2 Å². The second-order valence-corrected chi connectivity index (χ2v) is 9.00. The summed E-state index contributed by atoms with van der Waals surface area (Å²) in [6.07, 6.45) is 0.422. The molecule has 0 bridgehead atoms. The lowest BCUT2D eigenvalue weighted by Gasteiger charge is -2.27. The second-order valence-electron chi connectivity index (χ2n) is 9.00. The Hall–Kier alpha value is -3.02. The van der Waals surface area contributed by atoms with Crippen molar-refractivity contribution >= 4 is 29.2 Å². The predicted molar refractivity (Wildman–Crippen MR) is 118 cm³/mol. The van der Waals surface area contributed by atoms with Crippen LogP contribution in [0.4, 0.5) is 26.7 Å². The van der Waals surface area contributed by atoms with E-state index in [2.05, 4.69) is 5.32 Å². The maximum atomic E-state index is 13.2. The molecule has 160 valence electrons. The van der Waals surface area contributed by atoms with E-state index in [4.69, 9.17) is 9.47 Å². The van der Waals surface area contributed by atoms with Gasteiger partial charge in [-0.3, -0.25) is 5.32 Å². The summed E-state index contributed by atoms with van der Waals surface area (Å²) in [5, 5.41) is 2.74. The topological polar surface area (TPSA) is 67.9 Å². The first-order valence-electron chi connectivity index (χ1n) is 10.3. The van der Waals surface area contributed by atoms with Crippen LogP contribution >= 0.6 is 0 Å².